The molecule has 0 bridgehead atoms. The number of esters is 1. The molecule has 0 fully saturated rings. The van der Waals surface area contributed by atoms with Crippen LogP contribution in [-0.2, 0) is 4.74 Å². The average molecular weight is 335 g/mol. The average Bonchev–Trinajstić information content (AvgIpc) is 2.91. The van der Waals surface area contributed by atoms with Crippen LogP contribution in [0.1, 0.15) is 53.0 Å². The van der Waals surface area contributed by atoms with E-state index >= 15 is 0 Å². The highest BCUT2D eigenvalue weighted by Crippen LogP contribution is 2.34. The minimum absolute atomic E-state index is 0.116. The number of benzene rings is 1. The first-order valence-corrected chi connectivity index (χ1v) is 8.17. The Morgan fingerprint density at radius 1 is 1.35 bits per heavy atom. The van der Waals surface area contributed by atoms with Gasteiger partial charge in [0.25, 0.3) is 5.91 Å². The van der Waals surface area contributed by atoms with Gasteiger partial charge >= 0.3 is 5.97 Å². The van der Waals surface area contributed by atoms with E-state index in [1.54, 1.807) is 6.92 Å². The van der Waals surface area contributed by atoms with Crippen molar-refractivity contribution in [2.45, 2.75) is 26.7 Å². The Hall–Kier alpha value is -2.21. The lowest BCUT2D eigenvalue weighted by Crippen LogP contribution is -2.15. The summed E-state index contributed by atoms with van der Waals surface area (Å²) in [4.78, 5) is 24.5. The first kappa shape index (κ1) is 17.1. The maximum absolute atomic E-state index is 13.2. The highest BCUT2D eigenvalue weighted by Gasteiger charge is 2.23. The van der Waals surface area contributed by atoms with E-state index in [2.05, 4.69) is 5.32 Å². The summed E-state index contributed by atoms with van der Waals surface area (Å²) in [5, 5.41) is 4.93. The summed E-state index contributed by atoms with van der Waals surface area (Å²) in [5.74, 6) is -1.30. The van der Waals surface area contributed by atoms with Gasteiger partial charge in [-0.05, 0) is 42.0 Å². The molecule has 122 valence electrons. The van der Waals surface area contributed by atoms with Crippen molar-refractivity contribution in [1.82, 2.24) is 0 Å². The molecule has 0 unspecified atom stereocenters. The van der Waals surface area contributed by atoms with Crippen LogP contribution in [0.3, 0.4) is 0 Å². The molecule has 0 aliphatic carbocycles. The van der Waals surface area contributed by atoms with E-state index in [0.717, 1.165) is 11.6 Å². The number of hydrogen-bond acceptors (Lipinski definition) is 4. The van der Waals surface area contributed by atoms with Gasteiger partial charge < -0.3 is 10.1 Å². The van der Waals surface area contributed by atoms with Gasteiger partial charge in [0, 0.05) is 5.56 Å². The predicted molar refractivity (Wildman–Crippen MR) is 88.7 cm³/mol. The van der Waals surface area contributed by atoms with Crippen molar-refractivity contribution in [3.8, 4) is 0 Å². The summed E-state index contributed by atoms with van der Waals surface area (Å²) in [6, 6.07) is 5.39. The third kappa shape index (κ3) is 3.96. The van der Waals surface area contributed by atoms with Crippen molar-refractivity contribution < 1.29 is 18.7 Å². The zero-order chi connectivity index (χ0) is 17.0. The van der Waals surface area contributed by atoms with Crippen LogP contribution in [0.25, 0.3) is 0 Å². The second-order valence-electron chi connectivity index (χ2n) is 5.23. The molecule has 0 spiro atoms. The second-order valence-corrected chi connectivity index (χ2v) is 6.11. The zero-order valence-electron chi connectivity index (χ0n) is 13.2. The molecule has 1 aromatic carbocycles. The molecular weight excluding hydrogens is 317 g/mol. The Bertz CT molecular complexity index is 724. The number of ether oxygens (including phenoxy) is 1. The number of amides is 1. The quantitative estimate of drug-likeness (QED) is 0.822. The molecule has 2 rings (SSSR count). The standard InChI is InChI=1S/C17H18FNO3S/c1-4-22-17(21)14-13(10(2)3)9-23-16(14)19-15(20)11-6-5-7-12(18)8-11/h5-10H,4H2,1-3H3,(H,19,20). The van der Waals surface area contributed by atoms with Crippen molar-refractivity contribution in [2.24, 2.45) is 0 Å². The largest absolute Gasteiger partial charge is 0.462 e. The molecule has 1 aromatic heterocycles. The molecule has 0 atom stereocenters. The summed E-state index contributed by atoms with van der Waals surface area (Å²) < 4.78 is 18.3. The van der Waals surface area contributed by atoms with Gasteiger partial charge in [0.15, 0.2) is 0 Å². The lowest BCUT2D eigenvalue weighted by molar-refractivity contribution is 0.0526. The van der Waals surface area contributed by atoms with Gasteiger partial charge in [0.05, 0.1) is 12.2 Å². The minimum atomic E-state index is -0.489. The number of nitrogens with one attached hydrogen (secondary N) is 1. The Morgan fingerprint density at radius 2 is 2.09 bits per heavy atom. The molecule has 0 aliphatic rings. The third-order valence-corrected chi connectivity index (χ3v) is 4.15. The fourth-order valence-electron chi connectivity index (χ4n) is 2.11. The number of carbonyl (C=O) groups is 2. The molecular formula is C17H18FNO3S. The zero-order valence-corrected chi connectivity index (χ0v) is 14.0. The van der Waals surface area contributed by atoms with Gasteiger partial charge in [-0.3, -0.25) is 4.79 Å². The highest BCUT2D eigenvalue weighted by atomic mass is 32.1. The molecule has 1 heterocycles. The number of thiophene rings is 1. The van der Waals surface area contributed by atoms with E-state index < -0.39 is 17.7 Å². The van der Waals surface area contributed by atoms with Crippen LogP contribution >= 0.6 is 11.3 Å². The third-order valence-electron chi connectivity index (χ3n) is 3.23. The Balaban J connectivity index is 2.32. The molecule has 0 saturated heterocycles. The molecule has 2 aromatic rings. The first-order chi connectivity index (χ1) is 10.9. The summed E-state index contributed by atoms with van der Waals surface area (Å²) in [5.41, 5.74) is 1.39. The van der Waals surface area contributed by atoms with Gasteiger partial charge in [-0.1, -0.05) is 19.9 Å². The second kappa shape index (κ2) is 7.37. The van der Waals surface area contributed by atoms with E-state index in [4.69, 9.17) is 4.74 Å². The first-order valence-electron chi connectivity index (χ1n) is 7.29. The Kier molecular flexibility index (Phi) is 5.50. The maximum atomic E-state index is 13.2. The van der Waals surface area contributed by atoms with Gasteiger partial charge in [-0.25, -0.2) is 9.18 Å². The number of carbonyl (C=O) groups excluding carboxylic acids is 2. The molecule has 0 saturated carbocycles. The summed E-state index contributed by atoms with van der Waals surface area (Å²) >= 11 is 1.26. The van der Waals surface area contributed by atoms with Crippen molar-refractivity contribution in [3.63, 3.8) is 0 Å². The van der Waals surface area contributed by atoms with Crippen LogP contribution in [0.4, 0.5) is 9.39 Å². The summed E-state index contributed by atoms with van der Waals surface area (Å²) in [6.45, 7) is 5.90. The van der Waals surface area contributed by atoms with Crippen LogP contribution < -0.4 is 5.32 Å². The fraction of sp³-hybridized carbons (Fsp3) is 0.294. The normalized spacial score (nSPS) is 10.7. The number of anilines is 1. The molecule has 1 N–H and O–H groups in total. The summed E-state index contributed by atoms with van der Waals surface area (Å²) in [6.07, 6.45) is 0. The van der Waals surface area contributed by atoms with E-state index in [-0.39, 0.29) is 18.1 Å². The van der Waals surface area contributed by atoms with Crippen LogP contribution in [0.15, 0.2) is 29.6 Å². The van der Waals surface area contributed by atoms with Crippen LogP contribution in [0.5, 0.6) is 0 Å². The van der Waals surface area contributed by atoms with Gasteiger partial charge in [-0.2, -0.15) is 0 Å². The molecule has 0 radical (unpaired) electrons. The lowest BCUT2D eigenvalue weighted by atomic mass is 10.0. The smallest absolute Gasteiger partial charge is 0.341 e. The number of halogens is 1. The minimum Gasteiger partial charge on any atom is -0.462 e. The van der Waals surface area contributed by atoms with Crippen molar-refractivity contribution in [2.75, 3.05) is 11.9 Å². The maximum Gasteiger partial charge on any atom is 0.341 e. The topological polar surface area (TPSA) is 55.4 Å². The van der Waals surface area contributed by atoms with Crippen LogP contribution in [0, 0.1) is 5.82 Å². The Labute approximate surface area is 138 Å². The van der Waals surface area contributed by atoms with Crippen molar-refractivity contribution in [1.29, 1.82) is 0 Å². The highest BCUT2D eigenvalue weighted by molar-refractivity contribution is 7.15. The van der Waals surface area contributed by atoms with Gasteiger partial charge in [0.1, 0.15) is 10.8 Å². The van der Waals surface area contributed by atoms with Crippen molar-refractivity contribution >= 4 is 28.2 Å². The van der Waals surface area contributed by atoms with Crippen LogP contribution in [-0.4, -0.2) is 18.5 Å². The monoisotopic (exact) mass is 335 g/mol. The van der Waals surface area contributed by atoms with Gasteiger partial charge in [-0.15, -0.1) is 11.3 Å². The van der Waals surface area contributed by atoms with E-state index in [1.807, 2.05) is 19.2 Å². The molecule has 1 amide bonds. The van der Waals surface area contributed by atoms with Gasteiger partial charge in [0.2, 0.25) is 0 Å². The van der Waals surface area contributed by atoms with Crippen LogP contribution in [0.2, 0.25) is 0 Å². The van der Waals surface area contributed by atoms with E-state index in [9.17, 15) is 14.0 Å². The molecule has 6 heteroatoms. The molecule has 23 heavy (non-hydrogen) atoms. The molecule has 4 nitrogen and oxygen atoms in total. The number of hydrogen-bond donors (Lipinski definition) is 1. The number of rotatable bonds is 5. The predicted octanol–water partition coefficient (Wildman–Crippen LogP) is 4.44. The molecule has 0 aliphatic heterocycles. The fourth-order valence-corrected chi connectivity index (χ4v) is 3.21. The van der Waals surface area contributed by atoms with E-state index in [1.165, 1.54) is 29.5 Å². The lowest BCUT2D eigenvalue weighted by Gasteiger charge is -2.10. The van der Waals surface area contributed by atoms with Crippen molar-refractivity contribution in [3.05, 3.63) is 52.2 Å². The Morgan fingerprint density at radius 3 is 2.70 bits per heavy atom. The van der Waals surface area contributed by atoms with E-state index in [0.29, 0.717) is 10.6 Å². The SMILES string of the molecule is CCOC(=O)c1c(C(C)C)csc1NC(=O)c1cccc(F)c1. The summed E-state index contributed by atoms with van der Waals surface area (Å²) in [7, 11) is 0.